The van der Waals surface area contributed by atoms with Gasteiger partial charge >= 0.3 is 0 Å². The molecule has 0 N–H and O–H groups in total. The predicted molar refractivity (Wildman–Crippen MR) is 33.6 cm³/mol. The van der Waals surface area contributed by atoms with E-state index in [0.717, 1.165) is 6.42 Å². The van der Waals surface area contributed by atoms with E-state index in [2.05, 4.69) is 11.9 Å². The summed E-state index contributed by atoms with van der Waals surface area (Å²) in [4.78, 5) is 3.86. The summed E-state index contributed by atoms with van der Waals surface area (Å²) in [6.45, 7) is 3.99. The molecule has 0 atom stereocenters. The first-order valence-electron chi connectivity index (χ1n) is 2.54. The van der Waals surface area contributed by atoms with E-state index in [1.165, 1.54) is 0 Å². The highest BCUT2D eigenvalue weighted by atomic mass is 14.6. The maximum atomic E-state index is 3.86. The largest absolute Gasteiger partial charge is 0.270 e. The molecule has 0 heterocycles. The van der Waals surface area contributed by atoms with E-state index in [-0.39, 0.29) is 0 Å². The molecule has 40 valence electrons. The van der Waals surface area contributed by atoms with Crippen LogP contribution in [0.25, 0.3) is 0 Å². The third kappa shape index (κ3) is 5.41. The average Bonchev–Trinajstić information content (AvgIpc) is 1.69. The Morgan fingerprint density at radius 1 is 1.57 bits per heavy atom. The second kappa shape index (κ2) is 5.41. The van der Waals surface area contributed by atoms with Crippen LogP contribution in [0.4, 0.5) is 0 Å². The van der Waals surface area contributed by atoms with Crippen LogP contribution in [-0.2, 0) is 0 Å². The summed E-state index contributed by atoms with van der Waals surface area (Å²) >= 11 is 0. The highest BCUT2D eigenvalue weighted by Gasteiger charge is 1.58. The van der Waals surface area contributed by atoms with Gasteiger partial charge in [0.25, 0.3) is 0 Å². The van der Waals surface area contributed by atoms with Crippen LogP contribution < -0.4 is 0 Å². The average molecular weight is 97.2 g/mol. The van der Waals surface area contributed by atoms with Crippen LogP contribution in [0.15, 0.2) is 17.3 Å². The molecule has 0 bridgehead atoms. The van der Waals surface area contributed by atoms with E-state index in [9.17, 15) is 0 Å². The van der Waals surface area contributed by atoms with Gasteiger partial charge in [-0.15, -0.1) is 0 Å². The van der Waals surface area contributed by atoms with Crippen molar-refractivity contribution in [2.45, 2.75) is 20.3 Å². The molecular formula is C6H11N. The topological polar surface area (TPSA) is 12.4 Å². The molecule has 0 saturated heterocycles. The number of hydrogen-bond donors (Lipinski definition) is 0. The van der Waals surface area contributed by atoms with E-state index < -0.39 is 0 Å². The van der Waals surface area contributed by atoms with Gasteiger partial charge in [-0.05, 0) is 13.3 Å². The second-order valence-electron chi connectivity index (χ2n) is 1.20. The fraction of sp³-hybridized carbons (Fsp3) is 0.500. The molecule has 0 aromatic rings. The molecule has 1 nitrogen and oxygen atoms in total. The Morgan fingerprint density at radius 3 is 2.71 bits per heavy atom. The lowest BCUT2D eigenvalue weighted by Gasteiger charge is -1.71. The van der Waals surface area contributed by atoms with Crippen LogP contribution in [0, 0.1) is 0 Å². The first-order valence-corrected chi connectivity index (χ1v) is 2.54. The Bertz CT molecular complexity index is 72.2. The lowest BCUT2D eigenvalue weighted by molar-refractivity contribution is 1.21. The zero-order chi connectivity index (χ0) is 5.54. The molecule has 0 aromatic heterocycles. The van der Waals surface area contributed by atoms with Crippen molar-refractivity contribution in [3.05, 3.63) is 12.3 Å². The molecule has 0 fully saturated rings. The van der Waals surface area contributed by atoms with E-state index in [1.54, 1.807) is 12.4 Å². The molecule has 0 unspecified atom stereocenters. The van der Waals surface area contributed by atoms with Gasteiger partial charge in [0.05, 0.1) is 0 Å². The summed E-state index contributed by atoms with van der Waals surface area (Å²) in [6.07, 6.45) is 6.66. The van der Waals surface area contributed by atoms with Gasteiger partial charge in [0.1, 0.15) is 0 Å². The molecular weight excluding hydrogens is 86.1 g/mol. The zero-order valence-electron chi connectivity index (χ0n) is 4.89. The highest BCUT2D eigenvalue weighted by molar-refractivity contribution is 5.54. The fourth-order valence-electron chi connectivity index (χ4n) is 0.252. The molecule has 0 rings (SSSR count). The molecule has 0 radical (unpaired) electrons. The van der Waals surface area contributed by atoms with Crippen molar-refractivity contribution in [2.75, 3.05) is 0 Å². The predicted octanol–water partition coefficient (Wildman–Crippen LogP) is 2.00. The van der Waals surface area contributed by atoms with Crippen LogP contribution in [0.3, 0.4) is 0 Å². The molecule has 0 aliphatic heterocycles. The molecule has 1 heteroatoms. The smallest absolute Gasteiger partial charge is 0.0223 e. The lowest BCUT2D eigenvalue weighted by atomic mass is 10.5. The van der Waals surface area contributed by atoms with Gasteiger partial charge in [-0.25, -0.2) is 0 Å². The highest BCUT2D eigenvalue weighted by Crippen LogP contribution is 1.77. The minimum absolute atomic E-state index is 1.07. The maximum Gasteiger partial charge on any atom is 0.0223 e. The summed E-state index contributed by atoms with van der Waals surface area (Å²) in [7, 11) is 0. The first kappa shape index (κ1) is 6.41. The molecule has 0 aliphatic rings. The van der Waals surface area contributed by atoms with Crippen molar-refractivity contribution in [3.63, 3.8) is 0 Å². The second-order valence-corrected chi connectivity index (χ2v) is 1.20. The van der Waals surface area contributed by atoms with Crippen LogP contribution in [-0.4, -0.2) is 6.21 Å². The van der Waals surface area contributed by atoms with Gasteiger partial charge in [-0.1, -0.05) is 13.0 Å². The van der Waals surface area contributed by atoms with E-state index in [0.29, 0.717) is 0 Å². The van der Waals surface area contributed by atoms with Gasteiger partial charge in [0, 0.05) is 12.4 Å². The summed E-state index contributed by atoms with van der Waals surface area (Å²) < 4.78 is 0. The summed E-state index contributed by atoms with van der Waals surface area (Å²) in [5.74, 6) is 0. The molecule has 0 aromatic carbocycles. The SMILES string of the molecule is CC=NC=CCC. The number of allylic oxidation sites excluding steroid dienone is 1. The molecule has 0 saturated carbocycles. The Morgan fingerprint density at radius 2 is 2.29 bits per heavy atom. The van der Waals surface area contributed by atoms with Gasteiger partial charge in [-0.2, -0.15) is 0 Å². The summed E-state index contributed by atoms with van der Waals surface area (Å²) in [5, 5.41) is 0. The fourth-order valence-corrected chi connectivity index (χ4v) is 0.252. The number of hydrogen-bond acceptors (Lipinski definition) is 1. The van der Waals surface area contributed by atoms with Gasteiger partial charge in [-0.3, -0.25) is 4.99 Å². The number of nitrogens with zero attached hydrogens (tertiary/aromatic N) is 1. The van der Waals surface area contributed by atoms with Crippen LogP contribution in [0.5, 0.6) is 0 Å². The van der Waals surface area contributed by atoms with Gasteiger partial charge < -0.3 is 0 Å². The molecule has 7 heavy (non-hydrogen) atoms. The van der Waals surface area contributed by atoms with Crippen LogP contribution >= 0.6 is 0 Å². The van der Waals surface area contributed by atoms with Crippen LogP contribution in [0.1, 0.15) is 20.3 Å². The Kier molecular flexibility index (Phi) is 4.95. The Hall–Kier alpha value is -0.590. The monoisotopic (exact) mass is 97.1 g/mol. The first-order chi connectivity index (χ1) is 3.41. The van der Waals surface area contributed by atoms with Gasteiger partial charge in [0.2, 0.25) is 0 Å². The standard InChI is InChI=1S/C6H11N/c1-3-5-6-7-4-2/h4-6H,3H2,1-2H3. The van der Waals surface area contributed by atoms with Crippen molar-refractivity contribution in [1.29, 1.82) is 0 Å². The normalized spacial score (nSPS) is 11.7. The molecule has 0 spiro atoms. The summed E-state index contributed by atoms with van der Waals surface area (Å²) in [5.41, 5.74) is 0. The van der Waals surface area contributed by atoms with Crippen molar-refractivity contribution in [2.24, 2.45) is 4.99 Å². The van der Waals surface area contributed by atoms with Crippen molar-refractivity contribution >= 4 is 6.21 Å². The molecule has 0 aliphatic carbocycles. The van der Waals surface area contributed by atoms with E-state index >= 15 is 0 Å². The van der Waals surface area contributed by atoms with E-state index in [4.69, 9.17) is 0 Å². The van der Waals surface area contributed by atoms with Gasteiger partial charge in [0.15, 0.2) is 0 Å². The van der Waals surface area contributed by atoms with Crippen LogP contribution in [0.2, 0.25) is 0 Å². The third-order valence-electron chi connectivity index (χ3n) is 0.576. The minimum atomic E-state index is 1.07. The van der Waals surface area contributed by atoms with Crippen molar-refractivity contribution < 1.29 is 0 Å². The zero-order valence-corrected chi connectivity index (χ0v) is 4.89. The quantitative estimate of drug-likeness (QED) is 0.467. The van der Waals surface area contributed by atoms with Crippen molar-refractivity contribution in [3.8, 4) is 0 Å². The Labute approximate surface area is 44.8 Å². The van der Waals surface area contributed by atoms with E-state index in [1.807, 2.05) is 13.0 Å². The lowest BCUT2D eigenvalue weighted by Crippen LogP contribution is -1.53. The molecule has 0 amide bonds. The minimum Gasteiger partial charge on any atom is -0.270 e. The maximum absolute atomic E-state index is 3.86. The van der Waals surface area contributed by atoms with Crippen molar-refractivity contribution in [1.82, 2.24) is 0 Å². The Balaban J connectivity index is 3.09. The summed E-state index contributed by atoms with van der Waals surface area (Å²) in [6, 6.07) is 0. The third-order valence-corrected chi connectivity index (χ3v) is 0.576. The number of aliphatic imine (C=N–C) groups is 1. The number of rotatable bonds is 2.